The Labute approximate surface area is 144 Å². The summed E-state index contributed by atoms with van der Waals surface area (Å²) < 4.78 is 10.9. The normalized spacial score (nSPS) is 10.2. The van der Waals surface area contributed by atoms with Gasteiger partial charge in [0.25, 0.3) is 5.56 Å². The van der Waals surface area contributed by atoms with Gasteiger partial charge in [-0.05, 0) is 25.1 Å². The molecule has 2 rings (SSSR count). The number of carbonyl (C=O) groups is 2. The predicted molar refractivity (Wildman–Crippen MR) is 90.1 cm³/mol. The van der Waals surface area contributed by atoms with E-state index in [9.17, 15) is 14.4 Å². The second kappa shape index (κ2) is 8.62. The zero-order chi connectivity index (χ0) is 18.2. The Kier molecular flexibility index (Phi) is 6.27. The van der Waals surface area contributed by atoms with Crippen molar-refractivity contribution in [2.75, 3.05) is 20.3 Å². The van der Waals surface area contributed by atoms with Crippen LogP contribution in [0.5, 0.6) is 5.75 Å². The Morgan fingerprint density at radius 3 is 2.76 bits per heavy atom. The summed E-state index contributed by atoms with van der Waals surface area (Å²) in [7, 11) is 1.56. The second-order valence-electron chi connectivity index (χ2n) is 5.03. The van der Waals surface area contributed by atoms with Gasteiger partial charge in [-0.2, -0.15) is 5.10 Å². The van der Waals surface area contributed by atoms with Gasteiger partial charge in [0, 0.05) is 11.6 Å². The number of rotatable bonds is 7. The zero-order valence-electron chi connectivity index (χ0n) is 14.0. The van der Waals surface area contributed by atoms with Gasteiger partial charge in [-0.3, -0.25) is 14.4 Å². The number of aromatic nitrogens is 2. The van der Waals surface area contributed by atoms with E-state index < -0.39 is 17.4 Å². The summed E-state index contributed by atoms with van der Waals surface area (Å²) in [6.45, 7) is 1.36. The van der Waals surface area contributed by atoms with Crippen LogP contribution < -0.4 is 15.6 Å². The fraction of sp³-hybridized carbons (Fsp3) is 0.294. The molecule has 0 bridgehead atoms. The van der Waals surface area contributed by atoms with Gasteiger partial charge in [-0.25, -0.2) is 4.68 Å². The molecule has 0 spiro atoms. The van der Waals surface area contributed by atoms with E-state index in [0.717, 1.165) is 10.2 Å². The summed E-state index contributed by atoms with van der Waals surface area (Å²) in [6, 6.07) is 10.1. The van der Waals surface area contributed by atoms with Gasteiger partial charge in [0.15, 0.2) is 0 Å². The minimum atomic E-state index is -0.540. The van der Waals surface area contributed by atoms with Gasteiger partial charge in [0.1, 0.15) is 18.8 Å². The van der Waals surface area contributed by atoms with Crippen LogP contribution in [0, 0.1) is 0 Å². The molecule has 1 amide bonds. The fourth-order valence-corrected chi connectivity index (χ4v) is 2.07. The minimum Gasteiger partial charge on any atom is -0.497 e. The van der Waals surface area contributed by atoms with Gasteiger partial charge in [-0.1, -0.05) is 12.1 Å². The molecule has 8 nitrogen and oxygen atoms in total. The number of carbonyl (C=O) groups excluding carboxylic acids is 2. The number of methoxy groups -OCH3 is 1. The van der Waals surface area contributed by atoms with Gasteiger partial charge >= 0.3 is 5.97 Å². The molecule has 0 saturated carbocycles. The fourth-order valence-electron chi connectivity index (χ4n) is 2.07. The Morgan fingerprint density at radius 1 is 1.24 bits per heavy atom. The van der Waals surface area contributed by atoms with Crippen LogP contribution in [-0.4, -0.2) is 41.9 Å². The van der Waals surface area contributed by atoms with Crippen molar-refractivity contribution in [3.63, 3.8) is 0 Å². The molecule has 1 aromatic carbocycles. The summed E-state index contributed by atoms with van der Waals surface area (Å²) >= 11 is 0. The third-order valence-electron chi connectivity index (χ3n) is 3.26. The van der Waals surface area contributed by atoms with Crippen LogP contribution in [0.4, 0.5) is 0 Å². The smallest absolute Gasteiger partial charge is 0.325 e. The van der Waals surface area contributed by atoms with Crippen LogP contribution in [0.25, 0.3) is 11.3 Å². The maximum atomic E-state index is 11.9. The van der Waals surface area contributed by atoms with E-state index in [1.807, 2.05) is 6.07 Å². The molecule has 1 aromatic heterocycles. The lowest BCUT2D eigenvalue weighted by molar-refractivity contribution is -0.143. The highest BCUT2D eigenvalue weighted by Crippen LogP contribution is 2.20. The maximum absolute atomic E-state index is 11.9. The summed E-state index contributed by atoms with van der Waals surface area (Å²) in [5.41, 5.74) is 0.856. The molecule has 0 aliphatic rings. The highest BCUT2D eigenvalue weighted by atomic mass is 16.5. The first-order chi connectivity index (χ1) is 12.0. The third-order valence-corrected chi connectivity index (χ3v) is 3.26. The Bertz CT molecular complexity index is 816. The highest BCUT2D eigenvalue weighted by Gasteiger charge is 2.10. The quantitative estimate of drug-likeness (QED) is 0.738. The molecule has 1 heterocycles. The number of hydrogen-bond donors (Lipinski definition) is 1. The summed E-state index contributed by atoms with van der Waals surface area (Å²) in [5.74, 6) is -0.393. The first-order valence-electron chi connectivity index (χ1n) is 7.68. The number of amides is 1. The lowest BCUT2D eigenvalue weighted by Crippen LogP contribution is -2.36. The van der Waals surface area contributed by atoms with Gasteiger partial charge < -0.3 is 14.8 Å². The predicted octanol–water partition coefficient (Wildman–Crippen LogP) is 0.598. The van der Waals surface area contributed by atoms with Crippen molar-refractivity contribution in [2.24, 2.45) is 0 Å². The standard InChI is InChI=1S/C17H19N3O5/c1-3-25-17(23)10-18-15(21)11-20-16(22)8-7-14(19-20)12-5-4-6-13(9-12)24-2/h4-9H,3,10-11H2,1-2H3,(H,18,21). The molecular formula is C17H19N3O5. The topological polar surface area (TPSA) is 99.5 Å². The molecular weight excluding hydrogens is 326 g/mol. The lowest BCUT2D eigenvalue weighted by atomic mass is 10.1. The van der Waals surface area contributed by atoms with Crippen molar-refractivity contribution >= 4 is 11.9 Å². The monoisotopic (exact) mass is 345 g/mol. The zero-order valence-corrected chi connectivity index (χ0v) is 14.0. The van der Waals surface area contributed by atoms with Gasteiger partial charge in [0.2, 0.25) is 5.91 Å². The van der Waals surface area contributed by atoms with Crippen molar-refractivity contribution in [3.8, 4) is 17.0 Å². The molecule has 0 atom stereocenters. The van der Waals surface area contributed by atoms with Crippen molar-refractivity contribution in [3.05, 3.63) is 46.8 Å². The van der Waals surface area contributed by atoms with Crippen LogP contribution in [0.3, 0.4) is 0 Å². The second-order valence-corrected chi connectivity index (χ2v) is 5.03. The van der Waals surface area contributed by atoms with Crippen LogP contribution in [0.15, 0.2) is 41.2 Å². The number of hydrogen-bond acceptors (Lipinski definition) is 6. The molecule has 0 aliphatic heterocycles. The first-order valence-corrected chi connectivity index (χ1v) is 7.68. The number of esters is 1. The molecule has 0 radical (unpaired) electrons. The van der Waals surface area contributed by atoms with Crippen LogP contribution in [0.1, 0.15) is 6.92 Å². The summed E-state index contributed by atoms with van der Waals surface area (Å²) in [4.78, 5) is 35.0. The lowest BCUT2D eigenvalue weighted by Gasteiger charge is -2.09. The van der Waals surface area contributed by atoms with Gasteiger partial charge in [0.05, 0.1) is 19.4 Å². The van der Waals surface area contributed by atoms with Crippen LogP contribution >= 0.6 is 0 Å². The Morgan fingerprint density at radius 2 is 2.04 bits per heavy atom. The van der Waals surface area contributed by atoms with E-state index in [2.05, 4.69) is 10.4 Å². The number of nitrogens with one attached hydrogen (secondary N) is 1. The first kappa shape index (κ1) is 18.2. The molecule has 0 unspecified atom stereocenters. The molecule has 0 fully saturated rings. The molecule has 1 N–H and O–H groups in total. The van der Waals surface area contributed by atoms with E-state index >= 15 is 0 Å². The minimum absolute atomic E-state index is 0.234. The Balaban J connectivity index is 2.12. The molecule has 2 aromatic rings. The van der Waals surface area contributed by atoms with Crippen LogP contribution in [-0.2, 0) is 20.9 Å². The van der Waals surface area contributed by atoms with Crippen molar-refractivity contribution in [1.29, 1.82) is 0 Å². The SMILES string of the molecule is CCOC(=O)CNC(=O)Cn1nc(-c2cccc(OC)c2)ccc1=O. The van der Waals surface area contributed by atoms with Crippen LogP contribution in [0.2, 0.25) is 0 Å². The third kappa shape index (κ3) is 5.17. The Hall–Kier alpha value is -3.16. The van der Waals surface area contributed by atoms with E-state index in [0.29, 0.717) is 11.4 Å². The summed E-state index contributed by atoms with van der Waals surface area (Å²) in [6.07, 6.45) is 0. The van der Waals surface area contributed by atoms with E-state index in [-0.39, 0.29) is 19.7 Å². The molecule has 132 valence electrons. The largest absolute Gasteiger partial charge is 0.497 e. The average Bonchev–Trinajstić information content (AvgIpc) is 2.62. The molecule has 25 heavy (non-hydrogen) atoms. The van der Waals surface area contributed by atoms with Crippen molar-refractivity contribution in [1.82, 2.24) is 15.1 Å². The molecule has 0 aliphatic carbocycles. The summed E-state index contributed by atoms with van der Waals surface area (Å²) in [5, 5.41) is 6.58. The number of nitrogens with zero attached hydrogens (tertiary/aromatic N) is 2. The maximum Gasteiger partial charge on any atom is 0.325 e. The van der Waals surface area contributed by atoms with Gasteiger partial charge in [-0.15, -0.1) is 0 Å². The number of benzene rings is 1. The molecule has 0 saturated heterocycles. The molecule has 8 heteroatoms. The van der Waals surface area contributed by atoms with E-state index in [1.54, 1.807) is 38.3 Å². The highest BCUT2D eigenvalue weighted by molar-refractivity contribution is 5.81. The number of ether oxygens (including phenoxy) is 2. The van der Waals surface area contributed by atoms with Crippen molar-refractivity contribution in [2.45, 2.75) is 13.5 Å². The van der Waals surface area contributed by atoms with E-state index in [1.165, 1.54) is 6.07 Å². The van der Waals surface area contributed by atoms with Crippen molar-refractivity contribution < 1.29 is 19.1 Å². The van der Waals surface area contributed by atoms with E-state index in [4.69, 9.17) is 9.47 Å². The average molecular weight is 345 g/mol.